The molecule has 0 aliphatic heterocycles. The van der Waals surface area contributed by atoms with Gasteiger partial charge in [0.2, 0.25) is 5.01 Å². The SMILES string of the molecule is CCOc1ccc(OC(=O)c2nccs2)cc1C#N. The summed E-state index contributed by atoms with van der Waals surface area (Å²) in [6.45, 7) is 2.30. The first kappa shape index (κ1) is 13.1. The van der Waals surface area contributed by atoms with E-state index in [1.807, 2.05) is 13.0 Å². The third-order valence-electron chi connectivity index (χ3n) is 2.19. The first-order valence-corrected chi connectivity index (χ1v) is 6.41. The van der Waals surface area contributed by atoms with Gasteiger partial charge in [-0.3, -0.25) is 0 Å². The molecule has 19 heavy (non-hydrogen) atoms. The molecule has 2 aromatic rings. The van der Waals surface area contributed by atoms with Crippen LogP contribution in [0.1, 0.15) is 22.3 Å². The van der Waals surface area contributed by atoms with Gasteiger partial charge < -0.3 is 9.47 Å². The molecule has 6 heteroatoms. The summed E-state index contributed by atoms with van der Waals surface area (Å²) in [5.41, 5.74) is 0.325. The number of aromatic nitrogens is 1. The van der Waals surface area contributed by atoms with Crippen LogP contribution in [-0.4, -0.2) is 17.6 Å². The Balaban J connectivity index is 2.18. The van der Waals surface area contributed by atoms with Crippen LogP contribution in [0.15, 0.2) is 29.8 Å². The van der Waals surface area contributed by atoms with E-state index in [0.29, 0.717) is 23.7 Å². The van der Waals surface area contributed by atoms with E-state index in [2.05, 4.69) is 4.98 Å². The lowest BCUT2D eigenvalue weighted by molar-refractivity contribution is 0.0734. The zero-order chi connectivity index (χ0) is 13.7. The lowest BCUT2D eigenvalue weighted by atomic mass is 10.2. The predicted octanol–water partition coefficient (Wildman–Crippen LogP) is 2.63. The second kappa shape index (κ2) is 5.98. The van der Waals surface area contributed by atoms with Crippen LogP contribution in [-0.2, 0) is 0 Å². The summed E-state index contributed by atoms with van der Waals surface area (Å²) in [5.74, 6) is 0.224. The fraction of sp³-hybridized carbons (Fsp3) is 0.154. The van der Waals surface area contributed by atoms with Crippen molar-refractivity contribution in [1.29, 1.82) is 5.26 Å². The van der Waals surface area contributed by atoms with Crippen molar-refractivity contribution in [1.82, 2.24) is 4.98 Å². The molecular weight excluding hydrogens is 264 g/mol. The zero-order valence-corrected chi connectivity index (χ0v) is 10.9. The van der Waals surface area contributed by atoms with Crippen LogP contribution in [0.2, 0.25) is 0 Å². The van der Waals surface area contributed by atoms with E-state index in [-0.39, 0.29) is 5.01 Å². The molecule has 1 heterocycles. The van der Waals surface area contributed by atoms with E-state index < -0.39 is 5.97 Å². The van der Waals surface area contributed by atoms with Gasteiger partial charge >= 0.3 is 5.97 Å². The number of carbonyl (C=O) groups excluding carboxylic acids is 1. The molecule has 0 atom stereocenters. The van der Waals surface area contributed by atoms with Crippen molar-refractivity contribution in [3.8, 4) is 17.6 Å². The molecule has 1 aromatic carbocycles. The molecule has 0 radical (unpaired) electrons. The van der Waals surface area contributed by atoms with Gasteiger partial charge in [0.05, 0.1) is 12.2 Å². The lowest BCUT2D eigenvalue weighted by Crippen LogP contribution is -2.08. The van der Waals surface area contributed by atoms with E-state index in [0.717, 1.165) is 0 Å². The number of esters is 1. The maximum Gasteiger partial charge on any atom is 0.372 e. The van der Waals surface area contributed by atoms with Gasteiger partial charge in [-0.15, -0.1) is 11.3 Å². The molecular formula is C13H10N2O3S. The van der Waals surface area contributed by atoms with Gasteiger partial charge in [-0.2, -0.15) is 5.26 Å². The summed E-state index contributed by atoms with van der Waals surface area (Å²) >= 11 is 1.20. The molecule has 0 fully saturated rings. The highest BCUT2D eigenvalue weighted by atomic mass is 32.1. The van der Waals surface area contributed by atoms with Crippen molar-refractivity contribution < 1.29 is 14.3 Å². The Morgan fingerprint density at radius 3 is 3.00 bits per heavy atom. The van der Waals surface area contributed by atoms with Gasteiger partial charge in [-0.25, -0.2) is 9.78 Å². The van der Waals surface area contributed by atoms with Crippen molar-refractivity contribution in [2.45, 2.75) is 6.92 Å². The summed E-state index contributed by atoms with van der Waals surface area (Å²) in [7, 11) is 0. The molecule has 96 valence electrons. The predicted molar refractivity (Wildman–Crippen MR) is 69.4 cm³/mol. The molecule has 1 aromatic heterocycles. The quantitative estimate of drug-likeness (QED) is 0.633. The highest BCUT2D eigenvalue weighted by Gasteiger charge is 2.13. The summed E-state index contributed by atoms with van der Waals surface area (Å²) in [4.78, 5) is 15.6. The van der Waals surface area contributed by atoms with Gasteiger partial charge in [0, 0.05) is 17.6 Å². The Morgan fingerprint density at radius 1 is 1.53 bits per heavy atom. The molecule has 0 unspecified atom stereocenters. The van der Waals surface area contributed by atoms with E-state index in [9.17, 15) is 4.79 Å². The fourth-order valence-corrected chi connectivity index (χ4v) is 1.93. The van der Waals surface area contributed by atoms with E-state index >= 15 is 0 Å². The standard InChI is InChI=1S/C13H10N2O3S/c1-2-17-11-4-3-10(7-9(11)8-14)18-13(16)12-15-5-6-19-12/h3-7H,2H2,1H3. The average molecular weight is 274 g/mol. The van der Waals surface area contributed by atoms with Crippen LogP contribution >= 0.6 is 11.3 Å². The normalized spacial score (nSPS) is 9.68. The van der Waals surface area contributed by atoms with Crippen molar-refractivity contribution in [3.63, 3.8) is 0 Å². The Kier molecular flexibility index (Phi) is 4.11. The average Bonchev–Trinajstić information content (AvgIpc) is 2.94. The third-order valence-corrected chi connectivity index (χ3v) is 2.94. The second-order valence-corrected chi connectivity index (χ2v) is 4.32. The lowest BCUT2D eigenvalue weighted by Gasteiger charge is -2.07. The smallest absolute Gasteiger partial charge is 0.372 e. The van der Waals surface area contributed by atoms with Gasteiger partial charge in [-0.05, 0) is 19.1 Å². The number of rotatable bonds is 4. The minimum atomic E-state index is -0.539. The van der Waals surface area contributed by atoms with Crippen molar-refractivity contribution in [2.24, 2.45) is 0 Å². The van der Waals surface area contributed by atoms with Gasteiger partial charge in [0.15, 0.2) is 0 Å². The van der Waals surface area contributed by atoms with Gasteiger partial charge in [0.25, 0.3) is 0 Å². The maximum atomic E-state index is 11.7. The molecule has 2 rings (SSSR count). The van der Waals surface area contributed by atoms with E-state index in [4.69, 9.17) is 14.7 Å². The molecule has 0 bridgehead atoms. The fourth-order valence-electron chi connectivity index (χ4n) is 1.42. The first-order chi connectivity index (χ1) is 9.24. The molecule has 0 N–H and O–H groups in total. The number of nitrogens with zero attached hydrogens (tertiary/aromatic N) is 2. The summed E-state index contributed by atoms with van der Waals surface area (Å²) in [6.07, 6.45) is 1.53. The van der Waals surface area contributed by atoms with Crippen LogP contribution in [0.5, 0.6) is 11.5 Å². The maximum absolute atomic E-state index is 11.7. The Labute approximate surface area is 114 Å². The van der Waals surface area contributed by atoms with Crippen molar-refractivity contribution in [2.75, 3.05) is 6.61 Å². The van der Waals surface area contributed by atoms with Crippen LogP contribution in [0, 0.1) is 11.3 Å². The Morgan fingerprint density at radius 2 is 2.37 bits per heavy atom. The minimum Gasteiger partial charge on any atom is -0.492 e. The topological polar surface area (TPSA) is 72.2 Å². The molecule has 5 nitrogen and oxygen atoms in total. The number of benzene rings is 1. The van der Waals surface area contributed by atoms with Gasteiger partial charge in [-0.1, -0.05) is 0 Å². The largest absolute Gasteiger partial charge is 0.492 e. The molecule has 0 aliphatic carbocycles. The van der Waals surface area contributed by atoms with Crippen LogP contribution < -0.4 is 9.47 Å². The van der Waals surface area contributed by atoms with Gasteiger partial charge in [0.1, 0.15) is 17.6 Å². The Bertz CT molecular complexity index is 617. The molecule has 0 saturated carbocycles. The minimum absolute atomic E-state index is 0.271. The zero-order valence-electron chi connectivity index (χ0n) is 10.1. The Hall–Kier alpha value is -2.39. The number of hydrogen-bond acceptors (Lipinski definition) is 6. The summed E-state index contributed by atoms with van der Waals surface area (Å²) < 4.78 is 10.4. The second-order valence-electron chi connectivity index (χ2n) is 3.43. The number of carbonyl (C=O) groups is 1. The monoisotopic (exact) mass is 274 g/mol. The number of hydrogen-bond donors (Lipinski definition) is 0. The van der Waals surface area contributed by atoms with E-state index in [1.54, 1.807) is 17.5 Å². The van der Waals surface area contributed by atoms with Crippen LogP contribution in [0.4, 0.5) is 0 Å². The molecule has 0 aliphatic rings. The third kappa shape index (κ3) is 3.09. The summed E-state index contributed by atoms with van der Waals surface area (Å²) in [6, 6.07) is 6.65. The molecule has 0 amide bonds. The molecule has 0 spiro atoms. The number of thiazole rings is 1. The highest BCUT2D eigenvalue weighted by Crippen LogP contribution is 2.24. The first-order valence-electron chi connectivity index (χ1n) is 5.53. The van der Waals surface area contributed by atoms with Crippen LogP contribution in [0.3, 0.4) is 0 Å². The molecule has 0 saturated heterocycles. The number of nitriles is 1. The van der Waals surface area contributed by atoms with E-state index in [1.165, 1.54) is 23.6 Å². The van der Waals surface area contributed by atoms with Crippen molar-refractivity contribution in [3.05, 3.63) is 40.3 Å². The van der Waals surface area contributed by atoms with Crippen LogP contribution in [0.25, 0.3) is 0 Å². The highest BCUT2D eigenvalue weighted by molar-refractivity contribution is 7.11. The van der Waals surface area contributed by atoms with Crippen molar-refractivity contribution >= 4 is 17.3 Å². The number of ether oxygens (including phenoxy) is 2. The summed E-state index contributed by atoms with van der Waals surface area (Å²) in [5, 5.41) is 11.0.